The number of aryl methyl sites for hydroxylation is 2. The van der Waals surface area contributed by atoms with Crippen LogP contribution in [-0.4, -0.2) is 28.4 Å². The van der Waals surface area contributed by atoms with Gasteiger partial charge in [0.1, 0.15) is 0 Å². The maximum Gasteiger partial charge on any atom is 0.254 e. The standard InChI is InChI=1S/C15H20N2OS/c1-10-6-5-7-11(2)13(10)15(18)17-9-4-3-8-12(17)14(16)19/h5-7,12H,3-4,8-9H2,1-2H3,(H2,16,19). The molecule has 1 aliphatic heterocycles. The Kier molecular flexibility index (Phi) is 4.20. The summed E-state index contributed by atoms with van der Waals surface area (Å²) in [6.07, 6.45) is 2.99. The van der Waals surface area contributed by atoms with Crippen LogP contribution in [0.2, 0.25) is 0 Å². The number of thiocarbonyl (C=S) groups is 1. The van der Waals surface area contributed by atoms with Crippen molar-refractivity contribution in [2.45, 2.75) is 39.2 Å². The van der Waals surface area contributed by atoms with Crippen LogP contribution in [-0.2, 0) is 0 Å². The summed E-state index contributed by atoms with van der Waals surface area (Å²) in [5.74, 6) is 0.0631. The second kappa shape index (κ2) is 5.70. The molecule has 1 aromatic carbocycles. The minimum atomic E-state index is -0.0877. The Morgan fingerprint density at radius 2 is 1.95 bits per heavy atom. The number of hydrogen-bond donors (Lipinski definition) is 1. The molecule has 0 bridgehead atoms. The molecule has 0 spiro atoms. The van der Waals surface area contributed by atoms with Crippen molar-refractivity contribution in [1.29, 1.82) is 0 Å². The molecular formula is C15H20N2OS. The van der Waals surface area contributed by atoms with Gasteiger partial charge in [-0.3, -0.25) is 4.79 Å². The lowest BCUT2D eigenvalue weighted by atomic mass is 9.97. The van der Waals surface area contributed by atoms with Crippen LogP contribution < -0.4 is 5.73 Å². The van der Waals surface area contributed by atoms with Crippen LogP contribution in [0.3, 0.4) is 0 Å². The predicted octanol–water partition coefficient (Wildman–Crippen LogP) is 2.58. The summed E-state index contributed by atoms with van der Waals surface area (Å²) in [5.41, 5.74) is 8.61. The number of piperidine rings is 1. The number of amides is 1. The molecule has 1 aliphatic rings. The van der Waals surface area contributed by atoms with Crippen molar-refractivity contribution in [3.63, 3.8) is 0 Å². The van der Waals surface area contributed by atoms with Crippen LogP contribution in [0.1, 0.15) is 40.7 Å². The van der Waals surface area contributed by atoms with Gasteiger partial charge in [-0.1, -0.05) is 30.4 Å². The van der Waals surface area contributed by atoms with E-state index in [4.69, 9.17) is 18.0 Å². The average Bonchev–Trinajstić information content (AvgIpc) is 2.38. The Morgan fingerprint density at radius 3 is 2.53 bits per heavy atom. The maximum absolute atomic E-state index is 12.8. The molecule has 19 heavy (non-hydrogen) atoms. The Labute approximate surface area is 119 Å². The fraction of sp³-hybridized carbons (Fsp3) is 0.467. The fourth-order valence-electron chi connectivity index (χ4n) is 2.77. The van der Waals surface area contributed by atoms with Crippen molar-refractivity contribution >= 4 is 23.1 Å². The monoisotopic (exact) mass is 276 g/mol. The first-order chi connectivity index (χ1) is 9.02. The normalized spacial score (nSPS) is 19.3. The molecule has 2 rings (SSSR count). The summed E-state index contributed by atoms with van der Waals surface area (Å²) in [5, 5.41) is 0. The first-order valence-corrected chi connectivity index (χ1v) is 7.09. The van der Waals surface area contributed by atoms with Crippen molar-refractivity contribution in [1.82, 2.24) is 4.90 Å². The van der Waals surface area contributed by atoms with Crippen molar-refractivity contribution < 1.29 is 4.79 Å². The second-order valence-electron chi connectivity index (χ2n) is 5.18. The lowest BCUT2D eigenvalue weighted by Gasteiger charge is -2.35. The third-order valence-corrected chi connectivity index (χ3v) is 4.06. The maximum atomic E-state index is 12.8. The second-order valence-corrected chi connectivity index (χ2v) is 5.65. The molecular weight excluding hydrogens is 256 g/mol. The molecule has 2 N–H and O–H groups in total. The number of hydrogen-bond acceptors (Lipinski definition) is 2. The molecule has 4 heteroatoms. The zero-order valence-corrected chi connectivity index (χ0v) is 12.3. The van der Waals surface area contributed by atoms with E-state index in [0.29, 0.717) is 4.99 Å². The lowest BCUT2D eigenvalue weighted by Crippen LogP contribution is -2.50. The van der Waals surface area contributed by atoms with Gasteiger partial charge in [-0.25, -0.2) is 0 Å². The SMILES string of the molecule is Cc1cccc(C)c1C(=O)N1CCCCC1C(N)=S. The molecule has 1 fully saturated rings. The van der Waals surface area contributed by atoms with Crippen LogP contribution in [0, 0.1) is 13.8 Å². The molecule has 1 unspecified atom stereocenters. The highest BCUT2D eigenvalue weighted by Gasteiger charge is 2.30. The van der Waals surface area contributed by atoms with Gasteiger partial charge in [0, 0.05) is 12.1 Å². The lowest BCUT2D eigenvalue weighted by molar-refractivity contribution is 0.0680. The van der Waals surface area contributed by atoms with Crippen LogP contribution in [0.4, 0.5) is 0 Å². The molecule has 0 radical (unpaired) electrons. The highest BCUT2D eigenvalue weighted by Crippen LogP contribution is 2.23. The Balaban J connectivity index is 2.34. The first kappa shape index (κ1) is 14.0. The molecule has 0 aromatic heterocycles. The van der Waals surface area contributed by atoms with E-state index in [9.17, 15) is 4.79 Å². The van der Waals surface area contributed by atoms with Crippen molar-refractivity contribution in [3.8, 4) is 0 Å². The Hall–Kier alpha value is -1.42. The highest BCUT2D eigenvalue weighted by atomic mass is 32.1. The minimum absolute atomic E-state index is 0.0631. The first-order valence-electron chi connectivity index (χ1n) is 6.69. The van der Waals surface area contributed by atoms with E-state index in [1.165, 1.54) is 0 Å². The van der Waals surface area contributed by atoms with E-state index in [-0.39, 0.29) is 11.9 Å². The Morgan fingerprint density at radius 1 is 1.32 bits per heavy atom. The zero-order valence-electron chi connectivity index (χ0n) is 11.5. The van der Waals surface area contributed by atoms with Gasteiger partial charge in [-0.2, -0.15) is 0 Å². The van der Waals surface area contributed by atoms with E-state index < -0.39 is 0 Å². The summed E-state index contributed by atoms with van der Waals surface area (Å²) >= 11 is 5.11. The summed E-state index contributed by atoms with van der Waals surface area (Å²) in [4.78, 5) is 15.0. The van der Waals surface area contributed by atoms with Crippen LogP contribution in [0.15, 0.2) is 18.2 Å². The molecule has 3 nitrogen and oxygen atoms in total. The van der Waals surface area contributed by atoms with Gasteiger partial charge < -0.3 is 10.6 Å². The number of rotatable bonds is 2. The Bertz CT molecular complexity index is 493. The van der Waals surface area contributed by atoms with Gasteiger partial charge in [0.25, 0.3) is 5.91 Å². The zero-order chi connectivity index (χ0) is 14.0. The van der Waals surface area contributed by atoms with Gasteiger partial charge in [0.2, 0.25) is 0 Å². The minimum Gasteiger partial charge on any atom is -0.392 e. The van der Waals surface area contributed by atoms with Gasteiger partial charge >= 0.3 is 0 Å². The summed E-state index contributed by atoms with van der Waals surface area (Å²) in [6.45, 7) is 4.69. The number of likely N-dealkylation sites (tertiary alicyclic amines) is 1. The van der Waals surface area contributed by atoms with E-state index in [0.717, 1.165) is 42.5 Å². The molecule has 1 aromatic rings. The number of nitrogens with zero attached hydrogens (tertiary/aromatic N) is 1. The van der Waals surface area contributed by atoms with Crippen LogP contribution in [0.5, 0.6) is 0 Å². The van der Waals surface area contributed by atoms with Gasteiger partial charge in [-0.15, -0.1) is 0 Å². The van der Waals surface area contributed by atoms with Gasteiger partial charge in [0.15, 0.2) is 0 Å². The van der Waals surface area contributed by atoms with Gasteiger partial charge in [0.05, 0.1) is 11.0 Å². The molecule has 1 heterocycles. The molecule has 1 atom stereocenters. The van der Waals surface area contributed by atoms with E-state index >= 15 is 0 Å². The van der Waals surface area contributed by atoms with Crippen molar-refractivity contribution in [2.75, 3.05) is 6.54 Å². The summed E-state index contributed by atoms with van der Waals surface area (Å²) < 4.78 is 0. The van der Waals surface area contributed by atoms with E-state index in [2.05, 4.69) is 0 Å². The molecule has 0 saturated carbocycles. The predicted molar refractivity (Wildman–Crippen MR) is 81.4 cm³/mol. The van der Waals surface area contributed by atoms with Crippen molar-refractivity contribution in [2.24, 2.45) is 5.73 Å². The van der Waals surface area contributed by atoms with Gasteiger partial charge in [-0.05, 0) is 44.2 Å². The third-order valence-electron chi connectivity index (χ3n) is 3.79. The summed E-state index contributed by atoms with van der Waals surface area (Å²) in [6, 6.07) is 5.83. The number of carbonyl (C=O) groups is 1. The smallest absolute Gasteiger partial charge is 0.254 e. The number of carbonyl (C=O) groups excluding carboxylic acids is 1. The molecule has 102 valence electrons. The molecule has 1 saturated heterocycles. The third kappa shape index (κ3) is 2.78. The number of benzene rings is 1. The highest BCUT2D eigenvalue weighted by molar-refractivity contribution is 7.80. The number of nitrogens with two attached hydrogens (primary N) is 1. The van der Waals surface area contributed by atoms with Crippen LogP contribution >= 0.6 is 12.2 Å². The van der Waals surface area contributed by atoms with Crippen LogP contribution in [0.25, 0.3) is 0 Å². The quantitative estimate of drug-likeness (QED) is 0.845. The topological polar surface area (TPSA) is 46.3 Å². The van der Waals surface area contributed by atoms with Crippen molar-refractivity contribution in [3.05, 3.63) is 34.9 Å². The average molecular weight is 276 g/mol. The van der Waals surface area contributed by atoms with E-state index in [1.807, 2.05) is 36.9 Å². The van der Waals surface area contributed by atoms with E-state index in [1.54, 1.807) is 0 Å². The largest absolute Gasteiger partial charge is 0.392 e. The molecule has 0 aliphatic carbocycles. The molecule has 1 amide bonds. The summed E-state index contributed by atoms with van der Waals surface area (Å²) in [7, 11) is 0. The fourth-order valence-corrected chi connectivity index (χ4v) is 3.01.